The van der Waals surface area contributed by atoms with Crippen molar-refractivity contribution in [1.29, 1.82) is 0 Å². The number of fused-ring (bicyclic) bond motifs is 4. The molecule has 16 rings (SSSR count). The summed E-state index contributed by atoms with van der Waals surface area (Å²) in [6.07, 6.45) is 25.0. The maximum absolute atomic E-state index is 13.0. The summed E-state index contributed by atoms with van der Waals surface area (Å²) in [5, 5.41) is 10.5. The Balaban J connectivity index is 0.000000142. The Hall–Kier alpha value is -11.2. The van der Waals surface area contributed by atoms with Crippen molar-refractivity contribution in [3.8, 4) is 5.69 Å². The van der Waals surface area contributed by atoms with Gasteiger partial charge >= 0.3 is 0 Å². The van der Waals surface area contributed by atoms with E-state index in [0.717, 1.165) is 164 Å². The number of amides is 4. The van der Waals surface area contributed by atoms with E-state index in [9.17, 15) is 42.0 Å². The number of aromatic nitrogens is 9. The van der Waals surface area contributed by atoms with E-state index in [1.54, 1.807) is 17.0 Å². The van der Waals surface area contributed by atoms with Crippen molar-refractivity contribution in [3.63, 3.8) is 0 Å². The molecular weight excluding hydrogens is 1470 g/mol. The Bertz CT molecular complexity index is 5500. The van der Waals surface area contributed by atoms with Gasteiger partial charge in [-0.15, -0.1) is 0 Å². The van der Waals surface area contributed by atoms with Gasteiger partial charge in [-0.3, -0.25) is 38.5 Å². The third-order valence-corrected chi connectivity index (χ3v) is 24.1. The van der Waals surface area contributed by atoms with Gasteiger partial charge in [0.1, 0.15) is 28.0 Å². The van der Waals surface area contributed by atoms with Gasteiger partial charge in [0.05, 0.1) is 54.9 Å². The van der Waals surface area contributed by atoms with Crippen molar-refractivity contribution in [3.05, 3.63) is 203 Å². The number of likely N-dealkylation sites (tertiary alicyclic amines) is 1. The molecule has 0 bridgehead atoms. The average molecular weight is 1570 g/mol. The lowest BCUT2D eigenvalue weighted by atomic mass is 9.89. The first kappa shape index (κ1) is 79.4. The maximum Gasteiger partial charge on any atom is 0.254 e. The minimum Gasteiger partial charge on any atom is -0.379 e. The zero-order chi connectivity index (χ0) is 79.6. The molecule has 4 aromatic carbocycles. The summed E-state index contributed by atoms with van der Waals surface area (Å²) in [6, 6.07) is 30.3. The van der Waals surface area contributed by atoms with Crippen molar-refractivity contribution in [2.45, 2.75) is 127 Å². The number of hydrogen-bond donors (Lipinski definition) is 6. The predicted octanol–water partition coefficient (Wildman–Crippen LogP) is 8.69. The molecule has 9 heterocycles. The Kier molecular flexibility index (Phi) is 25.0. The van der Waals surface area contributed by atoms with Crippen molar-refractivity contribution >= 4 is 102 Å². The first-order valence-corrected chi connectivity index (χ1v) is 40.9. The number of hydrogen-bond acceptors (Lipinski definition) is 22. The molecule has 4 amide bonds. The van der Waals surface area contributed by atoms with Crippen LogP contribution < -0.4 is 49.4 Å². The highest BCUT2D eigenvalue weighted by molar-refractivity contribution is 7.89. The van der Waals surface area contributed by atoms with Crippen LogP contribution in [0.15, 0.2) is 143 Å². The minimum absolute atomic E-state index is 0.0270. The molecule has 3 aliphatic carbocycles. The number of aryl methyl sites for hydroxylation is 3. The SMILES string of the molecule is CN(C)CC(=O)N1CCC(c2ccc(Nc3ncc4c(=O)c(C(N)=O)cn(C5CCCCC5)c4n3)cc2)CC1.NC(=O)c1cn(-c2ccc3c(c2)CCC3)c2nc(Nc3ccc(CN4CCOCC4)cc3)ncc2c1=O.NC(=O)c1cn(C2CCCCC2)c2nc(Nc3ccc(CCS(=O)(=O)N4CCOCC4)cc3)ncc2c1=O. The van der Waals surface area contributed by atoms with Crippen LogP contribution in [0.1, 0.15) is 160 Å². The second-order valence-electron chi connectivity index (χ2n) is 30.3. The van der Waals surface area contributed by atoms with Gasteiger partial charge in [-0.2, -0.15) is 19.3 Å². The molecule has 6 aliphatic rings. The molecule has 30 nitrogen and oxygen atoms in total. The molecule has 5 fully saturated rings. The minimum atomic E-state index is -3.33. The molecule has 9 N–H and O–H groups in total. The number of anilines is 6. The smallest absolute Gasteiger partial charge is 0.254 e. The van der Waals surface area contributed by atoms with Crippen LogP contribution in [0.4, 0.5) is 34.9 Å². The van der Waals surface area contributed by atoms with Crippen molar-refractivity contribution in [1.82, 2.24) is 62.6 Å². The van der Waals surface area contributed by atoms with Gasteiger partial charge in [0.2, 0.25) is 50.1 Å². The number of sulfonamides is 1. The number of carbonyl (C=O) groups is 4. The number of rotatable bonds is 21. The van der Waals surface area contributed by atoms with Gasteiger partial charge in [-0.05, 0) is 161 Å². The molecule has 0 atom stereocenters. The van der Waals surface area contributed by atoms with Gasteiger partial charge in [-0.1, -0.05) is 81.0 Å². The average Bonchev–Trinajstić information content (AvgIpc) is 0.888. The molecule has 114 heavy (non-hydrogen) atoms. The zero-order valence-electron chi connectivity index (χ0n) is 64.3. The maximum atomic E-state index is 13.0. The molecule has 10 aromatic rings. The summed E-state index contributed by atoms with van der Waals surface area (Å²) in [7, 11) is 0.505. The number of piperidine rings is 1. The number of likely N-dealkylation sites (N-methyl/N-ethyl adjacent to an activating group) is 1. The van der Waals surface area contributed by atoms with Crippen LogP contribution in [0, 0.1) is 0 Å². The quantitative estimate of drug-likeness (QED) is 0.0391. The Morgan fingerprint density at radius 1 is 0.509 bits per heavy atom. The molecule has 2 saturated carbocycles. The lowest BCUT2D eigenvalue weighted by molar-refractivity contribution is -0.132. The van der Waals surface area contributed by atoms with Crippen LogP contribution in [0.3, 0.4) is 0 Å². The van der Waals surface area contributed by atoms with E-state index < -0.39 is 44.0 Å². The normalized spacial score (nSPS) is 16.7. The van der Waals surface area contributed by atoms with E-state index in [-0.39, 0.29) is 51.2 Å². The molecule has 3 saturated heterocycles. The number of pyridine rings is 3. The van der Waals surface area contributed by atoms with Crippen LogP contribution in [0.2, 0.25) is 0 Å². The highest BCUT2D eigenvalue weighted by Gasteiger charge is 2.29. The third kappa shape index (κ3) is 18.8. The van der Waals surface area contributed by atoms with E-state index in [0.29, 0.717) is 85.4 Å². The molecular formula is C83H97N19O11S. The Morgan fingerprint density at radius 3 is 1.45 bits per heavy atom. The summed E-state index contributed by atoms with van der Waals surface area (Å²) in [5.41, 5.74) is 25.6. The van der Waals surface area contributed by atoms with Gasteiger partial charge < -0.3 is 66.1 Å². The highest BCUT2D eigenvalue weighted by atomic mass is 32.2. The topological polar surface area (TPSA) is 391 Å². The number of nitrogens with two attached hydrogens (primary N) is 3. The summed E-state index contributed by atoms with van der Waals surface area (Å²) < 4.78 is 42.9. The lowest BCUT2D eigenvalue weighted by Gasteiger charge is -2.33. The van der Waals surface area contributed by atoms with E-state index >= 15 is 0 Å². The number of morpholine rings is 2. The van der Waals surface area contributed by atoms with Crippen molar-refractivity contribution < 1.29 is 37.1 Å². The fraction of sp³-hybridized carbons (Fsp3) is 0.410. The van der Waals surface area contributed by atoms with Crippen LogP contribution in [-0.4, -0.2) is 187 Å². The molecule has 3 aliphatic heterocycles. The number of ether oxygens (including phenoxy) is 2. The van der Waals surface area contributed by atoms with Crippen LogP contribution >= 0.6 is 0 Å². The first-order valence-electron chi connectivity index (χ1n) is 39.3. The standard InChI is InChI=1S/C29H37N7O3.C28H28N6O3.C26H32N6O5S/c1-34(2)18-25(37)35-14-12-20(13-15-35)19-8-10-21(11-9-19)32-29-31-16-23-26(38)24(27(30)39)17-36(28(23)33-29)22-6-4-3-5-7-22;29-26(36)24-17-34(22-9-6-19-2-1-3-20(19)14-22)27-23(25(24)35)15-30-28(32-27)31-21-7-4-18(5-8-21)16-33-10-12-37-13-11-33;27-24(34)22-17-32(20-4-2-1-3-5-20)25-21(23(22)33)16-28-26(30-25)29-19-8-6-18(7-9-19)10-15-38(35,36)31-11-13-37-14-12-31/h8-11,16-17,20,22H,3-7,12-15,18H2,1-2H3,(H2,30,39)(H,31,32,33);4-9,14-15,17H,1-3,10-13,16H2,(H2,29,36)(H,30,31,32);6-9,16-17,20H,1-5,10-15H2,(H2,27,34)(H,28,29,30). The van der Waals surface area contributed by atoms with Crippen LogP contribution in [-0.2, 0) is 50.1 Å². The summed E-state index contributed by atoms with van der Waals surface area (Å²) in [5.74, 6) is -0.567. The largest absolute Gasteiger partial charge is 0.379 e. The van der Waals surface area contributed by atoms with Gasteiger partial charge in [-0.25, -0.2) is 23.4 Å². The van der Waals surface area contributed by atoms with E-state index in [2.05, 4.69) is 82.2 Å². The molecule has 0 unspecified atom stereocenters. The zero-order valence-corrected chi connectivity index (χ0v) is 65.1. The number of nitrogens with one attached hydrogen (secondary N) is 3. The molecule has 31 heteroatoms. The number of primary amides is 3. The number of nitrogens with zero attached hydrogens (tertiary/aromatic N) is 13. The second kappa shape index (κ2) is 35.9. The Morgan fingerprint density at radius 2 is 0.956 bits per heavy atom. The number of carbonyl (C=O) groups excluding carboxylic acids is 4. The molecule has 596 valence electrons. The van der Waals surface area contributed by atoms with Crippen molar-refractivity contribution in [2.24, 2.45) is 17.2 Å². The molecule has 0 radical (unpaired) electrons. The fourth-order valence-corrected chi connectivity index (χ4v) is 17.4. The third-order valence-electron chi connectivity index (χ3n) is 22.3. The van der Waals surface area contributed by atoms with Gasteiger partial charge in [0.15, 0.2) is 5.65 Å². The predicted molar refractivity (Wildman–Crippen MR) is 437 cm³/mol. The number of benzene rings is 4. The highest BCUT2D eigenvalue weighted by Crippen LogP contribution is 2.35. The van der Waals surface area contributed by atoms with Gasteiger partial charge in [0.25, 0.3) is 17.7 Å². The monoisotopic (exact) mass is 1570 g/mol. The van der Waals surface area contributed by atoms with E-state index in [4.69, 9.17) is 31.7 Å². The summed E-state index contributed by atoms with van der Waals surface area (Å²) >= 11 is 0. The fourth-order valence-electron chi connectivity index (χ4n) is 16.0. The molecule has 6 aromatic heterocycles. The van der Waals surface area contributed by atoms with Crippen LogP contribution in [0.25, 0.3) is 38.8 Å². The van der Waals surface area contributed by atoms with Crippen molar-refractivity contribution in [2.75, 3.05) is 108 Å². The van der Waals surface area contributed by atoms with Gasteiger partial charge in [0, 0.05) is 118 Å². The van der Waals surface area contributed by atoms with Crippen LogP contribution in [0.5, 0.6) is 0 Å². The molecule has 0 spiro atoms. The summed E-state index contributed by atoms with van der Waals surface area (Å²) in [6.45, 7) is 7.97. The Labute approximate surface area is 659 Å². The second-order valence-corrected chi connectivity index (χ2v) is 32.4. The first-order chi connectivity index (χ1) is 55.2. The lowest BCUT2D eigenvalue weighted by Crippen LogP contribution is -2.42. The van der Waals surface area contributed by atoms with E-state index in [1.165, 1.54) is 57.8 Å². The van der Waals surface area contributed by atoms with E-state index in [1.807, 2.05) is 87.6 Å². The summed E-state index contributed by atoms with van der Waals surface area (Å²) in [4.78, 5) is 120.